The fraction of sp³-hybridized carbons (Fsp3) is 0.682. The number of anilines is 1. The van der Waals surface area contributed by atoms with Crippen molar-refractivity contribution in [2.24, 2.45) is 16.6 Å². The van der Waals surface area contributed by atoms with Gasteiger partial charge in [-0.3, -0.25) is 4.79 Å². The van der Waals surface area contributed by atoms with E-state index in [0.29, 0.717) is 19.1 Å². The molecule has 2 rings (SSSR count). The molecule has 0 aliphatic carbocycles. The Hall–Kier alpha value is -2.31. The molecular weight excluding hydrogens is 364 g/mol. The minimum absolute atomic E-state index is 0.106. The predicted octanol–water partition coefficient (Wildman–Crippen LogP) is 2.81. The van der Waals surface area contributed by atoms with E-state index >= 15 is 0 Å². The van der Waals surface area contributed by atoms with Gasteiger partial charge in [0.25, 0.3) is 0 Å². The number of nitrogens with two attached hydrogens (primary N) is 1. The molecule has 1 aliphatic heterocycles. The summed E-state index contributed by atoms with van der Waals surface area (Å²) in [5.41, 5.74) is 6.61. The molecule has 1 aromatic heterocycles. The van der Waals surface area contributed by atoms with Gasteiger partial charge in [-0.05, 0) is 39.2 Å². The highest BCUT2D eigenvalue weighted by molar-refractivity contribution is 5.80. The Balaban J connectivity index is 2.06. The Kier molecular flexibility index (Phi) is 9.74. The van der Waals surface area contributed by atoms with Crippen molar-refractivity contribution >= 4 is 17.7 Å². The first kappa shape index (κ1) is 23.0. The predicted molar refractivity (Wildman–Crippen MR) is 120 cm³/mol. The lowest BCUT2D eigenvalue weighted by Gasteiger charge is -2.33. The van der Waals surface area contributed by atoms with E-state index in [1.807, 2.05) is 6.07 Å². The SMILES string of the molecule is CCCCCC(C)NC(=NCc1cccnc1N1CCCC(C(N)=O)C1)NCC. The number of rotatable bonds is 10. The summed E-state index contributed by atoms with van der Waals surface area (Å²) in [5.74, 6) is 1.42. The van der Waals surface area contributed by atoms with Crippen LogP contribution in [0.5, 0.6) is 0 Å². The number of unbranched alkanes of at least 4 members (excludes halogenated alkanes) is 2. The normalized spacial score (nSPS) is 18.4. The molecule has 1 aromatic rings. The fourth-order valence-electron chi connectivity index (χ4n) is 3.73. The summed E-state index contributed by atoms with van der Waals surface area (Å²) in [5, 5.41) is 6.85. The van der Waals surface area contributed by atoms with Crippen LogP contribution >= 0.6 is 0 Å². The third-order valence-electron chi connectivity index (χ3n) is 5.37. The van der Waals surface area contributed by atoms with E-state index in [1.165, 1.54) is 19.3 Å². The van der Waals surface area contributed by atoms with E-state index in [4.69, 9.17) is 10.7 Å². The molecule has 162 valence electrons. The van der Waals surface area contributed by atoms with Gasteiger partial charge in [0.1, 0.15) is 5.82 Å². The molecule has 1 fully saturated rings. The molecule has 29 heavy (non-hydrogen) atoms. The largest absolute Gasteiger partial charge is 0.369 e. The third kappa shape index (κ3) is 7.55. The molecule has 7 nitrogen and oxygen atoms in total. The Morgan fingerprint density at radius 1 is 1.41 bits per heavy atom. The van der Waals surface area contributed by atoms with Crippen LogP contribution in [0.15, 0.2) is 23.3 Å². The van der Waals surface area contributed by atoms with Gasteiger partial charge in [0.15, 0.2) is 5.96 Å². The second-order valence-electron chi connectivity index (χ2n) is 7.91. The van der Waals surface area contributed by atoms with Crippen LogP contribution in [0.3, 0.4) is 0 Å². The fourth-order valence-corrected chi connectivity index (χ4v) is 3.73. The zero-order valence-corrected chi connectivity index (χ0v) is 18.3. The molecule has 0 saturated carbocycles. The van der Waals surface area contributed by atoms with Crippen LogP contribution in [0.1, 0.15) is 64.9 Å². The van der Waals surface area contributed by atoms with Crippen molar-refractivity contribution in [1.29, 1.82) is 0 Å². The molecule has 7 heteroatoms. The smallest absolute Gasteiger partial charge is 0.222 e. The highest BCUT2D eigenvalue weighted by Gasteiger charge is 2.25. The van der Waals surface area contributed by atoms with Crippen LogP contribution in [-0.4, -0.2) is 42.5 Å². The second kappa shape index (κ2) is 12.3. The molecule has 1 aliphatic rings. The first-order valence-corrected chi connectivity index (χ1v) is 11.1. The van der Waals surface area contributed by atoms with Crippen LogP contribution in [0.4, 0.5) is 5.82 Å². The van der Waals surface area contributed by atoms with Crippen LogP contribution in [0.25, 0.3) is 0 Å². The number of hydrogen-bond donors (Lipinski definition) is 3. The van der Waals surface area contributed by atoms with Crippen molar-refractivity contribution < 1.29 is 4.79 Å². The van der Waals surface area contributed by atoms with Gasteiger partial charge in [-0.25, -0.2) is 9.98 Å². The summed E-state index contributed by atoms with van der Waals surface area (Å²) >= 11 is 0. The average Bonchev–Trinajstić information content (AvgIpc) is 2.72. The van der Waals surface area contributed by atoms with Crippen molar-refractivity contribution in [3.8, 4) is 0 Å². The summed E-state index contributed by atoms with van der Waals surface area (Å²) in [7, 11) is 0. The van der Waals surface area contributed by atoms with Crippen molar-refractivity contribution in [3.63, 3.8) is 0 Å². The van der Waals surface area contributed by atoms with Crippen LogP contribution in [0, 0.1) is 5.92 Å². The van der Waals surface area contributed by atoms with Crippen molar-refractivity contribution in [2.45, 2.75) is 71.9 Å². The quantitative estimate of drug-likeness (QED) is 0.318. The van der Waals surface area contributed by atoms with E-state index in [-0.39, 0.29) is 11.8 Å². The molecule has 0 spiro atoms. The molecule has 0 bridgehead atoms. The number of amides is 1. The van der Waals surface area contributed by atoms with Gasteiger partial charge >= 0.3 is 0 Å². The maximum atomic E-state index is 11.6. The lowest BCUT2D eigenvalue weighted by molar-refractivity contribution is -0.122. The Bertz CT molecular complexity index is 662. The van der Waals surface area contributed by atoms with E-state index in [1.54, 1.807) is 6.20 Å². The number of guanidine groups is 1. The standard InChI is InChI=1S/C22H38N6O/c1-4-6-7-10-17(3)27-22(24-5-2)26-15-18-11-8-13-25-21(18)28-14-9-12-19(16-28)20(23)29/h8,11,13,17,19H,4-7,9-10,12,14-16H2,1-3H3,(H2,23,29)(H2,24,26,27). The van der Waals surface area contributed by atoms with E-state index < -0.39 is 0 Å². The summed E-state index contributed by atoms with van der Waals surface area (Å²) in [4.78, 5) is 23.2. The van der Waals surface area contributed by atoms with Gasteiger partial charge in [0, 0.05) is 37.4 Å². The van der Waals surface area contributed by atoms with Crippen molar-refractivity contribution in [1.82, 2.24) is 15.6 Å². The molecule has 2 unspecified atom stereocenters. The number of carbonyl (C=O) groups excluding carboxylic acids is 1. The average molecular weight is 403 g/mol. The molecular formula is C22H38N6O. The maximum Gasteiger partial charge on any atom is 0.222 e. The number of carbonyl (C=O) groups is 1. The van der Waals surface area contributed by atoms with Gasteiger partial charge in [0.05, 0.1) is 12.5 Å². The van der Waals surface area contributed by atoms with Gasteiger partial charge in [0.2, 0.25) is 5.91 Å². The first-order chi connectivity index (χ1) is 14.0. The van der Waals surface area contributed by atoms with Crippen molar-refractivity contribution in [3.05, 3.63) is 23.9 Å². The summed E-state index contributed by atoms with van der Waals surface area (Å²) in [6, 6.07) is 4.39. The number of aliphatic imine (C=N–C) groups is 1. The molecule has 1 saturated heterocycles. The molecule has 4 N–H and O–H groups in total. The highest BCUT2D eigenvalue weighted by Crippen LogP contribution is 2.25. The molecule has 2 heterocycles. The Labute approximate surface area is 175 Å². The minimum Gasteiger partial charge on any atom is -0.369 e. The van der Waals surface area contributed by atoms with Crippen LogP contribution in [-0.2, 0) is 11.3 Å². The number of aromatic nitrogens is 1. The minimum atomic E-state index is -0.221. The zero-order chi connectivity index (χ0) is 21.1. The van der Waals surface area contributed by atoms with Gasteiger partial charge < -0.3 is 21.3 Å². The van der Waals surface area contributed by atoms with Crippen molar-refractivity contribution in [2.75, 3.05) is 24.5 Å². The molecule has 0 aromatic carbocycles. The van der Waals surface area contributed by atoms with E-state index in [9.17, 15) is 4.79 Å². The van der Waals surface area contributed by atoms with E-state index in [2.05, 4.69) is 47.4 Å². The lowest BCUT2D eigenvalue weighted by Crippen LogP contribution is -2.42. The monoisotopic (exact) mass is 402 g/mol. The molecule has 1 amide bonds. The number of pyridine rings is 1. The second-order valence-corrected chi connectivity index (χ2v) is 7.91. The van der Waals surface area contributed by atoms with Crippen LogP contribution in [0.2, 0.25) is 0 Å². The number of nitrogens with zero attached hydrogens (tertiary/aromatic N) is 3. The number of nitrogens with one attached hydrogen (secondary N) is 2. The van der Waals surface area contributed by atoms with Gasteiger partial charge in [-0.2, -0.15) is 0 Å². The third-order valence-corrected chi connectivity index (χ3v) is 5.37. The summed E-state index contributed by atoms with van der Waals surface area (Å²) in [6.07, 6.45) is 8.47. The summed E-state index contributed by atoms with van der Waals surface area (Å²) < 4.78 is 0. The van der Waals surface area contributed by atoms with Crippen LogP contribution < -0.4 is 21.3 Å². The Morgan fingerprint density at radius 2 is 2.24 bits per heavy atom. The summed E-state index contributed by atoms with van der Waals surface area (Å²) in [6.45, 7) is 9.39. The lowest BCUT2D eigenvalue weighted by atomic mass is 9.97. The van der Waals surface area contributed by atoms with Gasteiger partial charge in [-0.1, -0.05) is 32.3 Å². The number of hydrogen-bond acceptors (Lipinski definition) is 4. The maximum absolute atomic E-state index is 11.6. The number of primary amides is 1. The molecule has 0 radical (unpaired) electrons. The first-order valence-electron chi connectivity index (χ1n) is 11.1. The molecule has 2 atom stereocenters. The Morgan fingerprint density at radius 3 is 2.97 bits per heavy atom. The highest BCUT2D eigenvalue weighted by atomic mass is 16.1. The zero-order valence-electron chi connectivity index (χ0n) is 18.3. The topological polar surface area (TPSA) is 95.6 Å². The number of piperidine rings is 1. The van der Waals surface area contributed by atoms with Gasteiger partial charge in [-0.15, -0.1) is 0 Å². The van der Waals surface area contributed by atoms with E-state index in [0.717, 1.165) is 49.7 Å².